The summed E-state index contributed by atoms with van der Waals surface area (Å²) in [6.45, 7) is 0. The number of ether oxygens (including phenoxy) is 2. The van der Waals surface area contributed by atoms with E-state index in [0.29, 0.717) is 22.1 Å². The summed E-state index contributed by atoms with van der Waals surface area (Å²) in [5, 5.41) is 11.5. The van der Waals surface area contributed by atoms with Crippen LogP contribution in [0, 0.1) is 0 Å². The molecule has 0 aliphatic rings. The minimum absolute atomic E-state index is 0.0109. The van der Waals surface area contributed by atoms with Gasteiger partial charge in [0.05, 0.1) is 14.2 Å². The van der Waals surface area contributed by atoms with Gasteiger partial charge in [-0.1, -0.05) is 23.7 Å². The lowest BCUT2D eigenvalue weighted by Gasteiger charge is -2.27. The van der Waals surface area contributed by atoms with Crippen molar-refractivity contribution in [3.63, 3.8) is 0 Å². The summed E-state index contributed by atoms with van der Waals surface area (Å²) in [5.41, 5.74) is 4.51. The van der Waals surface area contributed by atoms with Crippen LogP contribution in [-0.2, 0) is 16.8 Å². The first-order valence-electron chi connectivity index (χ1n) is 6.90. The van der Waals surface area contributed by atoms with E-state index in [4.69, 9.17) is 26.8 Å². The zero-order valence-electron chi connectivity index (χ0n) is 12.9. The van der Waals surface area contributed by atoms with Crippen LogP contribution in [0.2, 0.25) is 5.02 Å². The average Bonchev–Trinajstić information content (AvgIpc) is 2.56. The zero-order chi connectivity index (χ0) is 17.0. The first kappa shape index (κ1) is 17.1. The number of carbonyl (C=O) groups is 1. The minimum Gasteiger partial charge on any atom is -0.497 e. The highest BCUT2D eigenvalue weighted by Crippen LogP contribution is 2.35. The Kier molecular flexibility index (Phi) is 5.13. The van der Waals surface area contributed by atoms with E-state index in [1.165, 1.54) is 14.2 Å². The maximum Gasteiger partial charge on any atom is 0.254 e. The quantitative estimate of drug-likeness (QED) is 0.848. The number of rotatable bonds is 6. The Morgan fingerprint density at radius 1 is 1.17 bits per heavy atom. The number of nitrogens with two attached hydrogens (primary N) is 1. The van der Waals surface area contributed by atoms with Crippen LogP contribution in [0.5, 0.6) is 11.5 Å². The molecule has 0 fully saturated rings. The molecule has 1 atom stereocenters. The van der Waals surface area contributed by atoms with E-state index in [1.807, 2.05) is 0 Å². The van der Waals surface area contributed by atoms with Gasteiger partial charge in [0.15, 0.2) is 5.60 Å². The molecular formula is C17H18ClNO4. The molecule has 0 saturated carbocycles. The van der Waals surface area contributed by atoms with Gasteiger partial charge in [-0.05, 0) is 35.9 Å². The average molecular weight is 336 g/mol. The zero-order valence-corrected chi connectivity index (χ0v) is 13.6. The monoisotopic (exact) mass is 335 g/mol. The van der Waals surface area contributed by atoms with Gasteiger partial charge < -0.3 is 20.3 Å². The molecule has 2 aromatic carbocycles. The Labute approximate surface area is 139 Å². The molecule has 23 heavy (non-hydrogen) atoms. The van der Waals surface area contributed by atoms with Crippen molar-refractivity contribution in [2.24, 2.45) is 5.73 Å². The standard InChI is InChI=1S/C17H18ClNO4/c1-22-13-7-8-15(23-2)14(9-13)17(21,16(19)20)10-11-3-5-12(18)6-4-11/h3-9,21H,10H2,1-2H3,(H2,19,20). The highest BCUT2D eigenvalue weighted by atomic mass is 35.5. The Bertz CT molecular complexity index is 702. The van der Waals surface area contributed by atoms with Crippen LogP contribution in [0.15, 0.2) is 42.5 Å². The minimum atomic E-state index is -1.94. The predicted molar refractivity (Wildman–Crippen MR) is 87.8 cm³/mol. The third kappa shape index (κ3) is 3.57. The maximum absolute atomic E-state index is 12.0. The van der Waals surface area contributed by atoms with Crippen molar-refractivity contribution in [1.82, 2.24) is 0 Å². The fourth-order valence-electron chi connectivity index (χ4n) is 2.35. The molecule has 0 bridgehead atoms. The number of benzene rings is 2. The van der Waals surface area contributed by atoms with E-state index in [-0.39, 0.29) is 12.0 Å². The lowest BCUT2D eigenvalue weighted by molar-refractivity contribution is -0.137. The second kappa shape index (κ2) is 6.89. The summed E-state index contributed by atoms with van der Waals surface area (Å²) < 4.78 is 10.4. The Morgan fingerprint density at radius 3 is 2.35 bits per heavy atom. The molecular weight excluding hydrogens is 318 g/mol. The molecule has 0 aliphatic carbocycles. The second-order valence-corrected chi connectivity index (χ2v) is 5.53. The van der Waals surface area contributed by atoms with E-state index in [9.17, 15) is 9.90 Å². The first-order chi connectivity index (χ1) is 10.9. The molecule has 0 radical (unpaired) electrons. The SMILES string of the molecule is COc1ccc(OC)c(C(O)(Cc2ccc(Cl)cc2)C(N)=O)c1. The third-order valence-electron chi connectivity index (χ3n) is 3.63. The third-order valence-corrected chi connectivity index (χ3v) is 3.89. The van der Waals surface area contributed by atoms with Crippen molar-refractivity contribution in [2.75, 3.05) is 14.2 Å². The lowest BCUT2D eigenvalue weighted by atomic mass is 9.85. The molecule has 0 saturated heterocycles. The predicted octanol–water partition coefficient (Wildman–Crippen LogP) is 2.27. The van der Waals surface area contributed by atoms with Crippen molar-refractivity contribution in [3.8, 4) is 11.5 Å². The maximum atomic E-state index is 12.0. The van der Waals surface area contributed by atoms with Crippen molar-refractivity contribution < 1.29 is 19.4 Å². The van der Waals surface area contributed by atoms with E-state index in [0.717, 1.165) is 0 Å². The summed E-state index contributed by atoms with van der Waals surface area (Å²) in [6, 6.07) is 11.6. The van der Waals surface area contributed by atoms with Crippen LogP contribution in [0.25, 0.3) is 0 Å². The molecule has 0 heterocycles. The summed E-state index contributed by atoms with van der Waals surface area (Å²) in [4.78, 5) is 12.0. The smallest absolute Gasteiger partial charge is 0.254 e. The van der Waals surface area contributed by atoms with Crippen LogP contribution < -0.4 is 15.2 Å². The van der Waals surface area contributed by atoms with Gasteiger partial charge in [-0.25, -0.2) is 0 Å². The number of methoxy groups -OCH3 is 2. The van der Waals surface area contributed by atoms with Crippen LogP contribution in [0.4, 0.5) is 0 Å². The summed E-state index contributed by atoms with van der Waals surface area (Å²) in [5.74, 6) is -0.0448. The highest BCUT2D eigenvalue weighted by molar-refractivity contribution is 6.30. The van der Waals surface area contributed by atoms with Crippen LogP contribution in [0.3, 0.4) is 0 Å². The summed E-state index contributed by atoms with van der Waals surface area (Å²) in [7, 11) is 2.95. The van der Waals surface area contributed by atoms with Gasteiger partial charge in [0.1, 0.15) is 11.5 Å². The number of hydrogen-bond acceptors (Lipinski definition) is 4. The van der Waals surface area contributed by atoms with Crippen molar-refractivity contribution in [1.29, 1.82) is 0 Å². The summed E-state index contributed by atoms with van der Waals surface area (Å²) >= 11 is 5.86. The van der Waals surface area contributed by atoms with Crippen molar-refractivity contribution in [2.45, 2.75) is 12.0 Å². The van der Waals surface area contributed by atoms with Crippen LogP contribution in [0.1, 0.15) is 11.1 Å². The van der Waals surface area contributed by atoms with Crippen LogP contribution >= 0.6 is 11.6 Å². The van der Waals surface area contributed by atoms with Gasteiger partial charge in [0, 0.05) is 17.0 Å². The number of halogens is 1. The Hall–Kier alpha value is -2.24. The number of hydrogen-bond donors (Lipinski definition) is 2. The number of carbonyl (C=O) groups excluding carboxylic acids is 1. The fourth-order valence-corrected chi connectivity index (χ4v) is 2.48. The largest absolute Gasteiger partial charge is 0.497 e. The summed E-state index contributed by atoms with van der Waals surface area (Å²) in [6.07, 6.45) is -0.0109. The Balaban J connectivity index is 2.52. The van der Waals surface area contributed by atoms with Gasteiger partial charge in [0.2, 0.25) is 0 Å². The molecule has 0 aliphatic heterocycles. The molecule has 5 nitrogen and oxygen atoms in total. The van der Waals surface area contributed by atoms with Gasteiger partial charge in [-0.3, -0.25) is 4.79 Å². The normalized spacial score (nSPS) is 13.2. The fraction of sp³-hybridized carbons (Fsp3) is 0.235. The molecule has 2 rings (SSSR count). The number of primary amides is 1. The molecule has 6 heteroatoms. The van der Waals surface area contributed by atoms with Gasteiger partial charge in [-0.2, -0.15) is 0 Å². The van der Waals surface area contributed by atoms with E-state index >= 15 is 0 Å². The topological polar surface area (TPSA) is 81.8 Å². The number of aliphatic hydroxyl groups is 1. The molecule has 2 aromatic rings. The van der Waals surface area contributed by atoms with E-state index in [2.05, 4.69) is 0 Å². The van der Waals surface area contributed by atoms with Gasteiger partial charge in [-0.15, -0.1) is 0 Å². The van der Waals surface area contributed by atoms with Gasteiger partial charge >= 0.3 is 0 Å². The first-order valence-corrected chi connectivity index (χ1v) is 7.27. The highest BCUT2D eigenvalue weighted by Gasteiger charge is 2.39. The van der Waals surface area contributed by atoms with Gasteiger partial charge in [0.25, 0.3) is 5.91 Å². The molecule has 1 unspecified atom stereocenters. The van der Waals surface area contributed by atoms with Crippen molar-refractivity contribution >= 4 is 17.5 Å². The second-order valence-electron chi connectivity index (χ2n) is 5.09. The van der Waals surface area contributed by atoms with Crippen LogP contribution in [-0.4, -0.2) is 25.2 Å². The van der Waals surface area contributed by atoms with E-state index < -0.39 is 11.5 Å². The molecule has 0 spiro atoms. The Morgan fingerprint density at radius 2 is 1.83 bits per heavy atom. The van der Waals surface area contributed by atoms with E-state index in [1.54, 1.807) is 42.5 Å². The molecule has 122 valence electrons. The lowest BCUT2D eigenvalue weighted by Crippen LogP contribution is -2.43. The molecule has 1 amide bonds. The molecule has 3 N–H and O–H groups in total. The molecule has 0 aromatic heterocycles. The van der Waals surface area contributed by atoms with Crippen molar-refractivity contribution in [3.05, 3.63) is 58.6 Å². The number of amides is 1.